The Hall–Kier alpha value is -1.99. The van der Waals surface area contributed by atoms with E-state index in [1.165, 1.54) is 0 Å². The summed E-state index contributed by atoms with van der Waals surface area (Å²) in [5.74, 6) is 1.66. The molecular weight excluding hydrogens is 262 g/mol. The van der Waals surface area contributed by atoms with Gasteiger partial charge in [-0.1, -0.05) is 11.8 Å². The van der Waals surface area contributed by atoms with Gasteiger partial charge in [-0.25, -0.2) is 4.68 Å². The van der Waals surface area contributed by atoms with Gasteiger partial charge in [-0.3, -0.25) is 5.43 Å². The van der Waals surface area contributed by atoms with Gasteiger partial charge in [-0.2, -0.15) is 0 Å². The van der Waals surface area contributed by atoms with E-state index >= 15 is 0 Å². The summed E-state index contributed by atoms with van der Waals surface area (Å²) in [7, 11) is 1.66. The van der Waals surface area contributed by atoms with Crippen LogP contribution in [0.25, 0.3) is 5.70 Å². The van der Waals surface area contributed by atoms with Crippen LogP contribution >= 0.6 is 11.8 Å². The minimum absolute atomic E-state index is 0.594. The van der Waals surface area contributed by atoms with Crippen molar-refractivity contribution in [3.05, 3.63) is 41.1 Å². The van der Waals surface area contributed by atoms with Crippen LogP contribution in [0.2, 0.25) is 0 Å². The topological polar surface area (TPSA) is 79.6 Å². The van der Waals surface area contributed by atoms with Crippen LogP contribution in [0.1, 0.15) is 11.4 Å². The lowest BCUT2D eigenvalue weighted by atomic mass is 10.2. The van der Waals surface area contributed by atoms with Gasteiger partial charge in [0.2, 0.25) is 11.0 Å². The van der Waals surface area contributed by atoms with Crippen molar-refractivity contribution in [3.63, 3.8) is 0 Å². The first-order chi connectivity index (χ1) is 9.31. The predicted octanol–water partition coefficient (Wildman–Crippen LogP) is 0.676. The van der Waals surface area contributed by atoms with E-state index in [2.05, 4.69) is 21.4 Å². The van der Waals surface area contributed by atoms with E-state index in [9.17, 15) is 0 Å². The van der Waals surface area contributed by atoms with E-state index in [4.69, 9.17) is 4.74 Å². The molecule has 1 aliphatic rings. The Morgan fingerprint density at radius 3 is 2.79 bits per heavy atom. The van der Waals surface area contributed by atoms with Crippen LogP contribution < -0.4 is 15.9 Å². The standard InChI is InChI=1S/C12H13N5OS/c1-18-9-4-2-8(3-5-9)10-7-19-12-15-14-11(6-13)17(12)16-10/h2-5,7,16H,6,13H2,1H3/p+1. The van der Waals surface area contributed by atoms with Crippen molar-refractivity contribution >= 4 is 17.5 Å². The molecule has 0 saturated carbocycles. The smallest absolute Gasteiger partial charge is 0.214 e. The molecule has 2 aromatic rings. The fourth-order valence-electron chi connectivity index (χ4n) is 1.81. The van der Waals surface area contributed by atoms with Crippen molar-refractivity contribution in [2.75, 3.05) is 12.5 Å². The predicted molar refractivity (Wildman–Crippen MR) is 72.8 cm³/mol. The molecule has 6 nitrogen and oxygen atoms in total. The Kier molecular flexibility index (Phi) is 3.14. The van der Waals surface area contributed by atoms with E-state index in [0.29, 0.717) is 6.54 Å². The molecule has 2 heterocycles. The van der Waals surface area contributed by atoms with Crippen LogP contribution in [0.4, 0.5) is 0 Å². The van der Waals surface area contributed by atoms with Crippen molar-refractivity contribution < 1.29 is 10.5 Å². The van der Waals surface area contributed by atoms with E-state index in [1.807, 2.05) is 34.3 Å². The molecule has 98 valence electrons. The maximum absolute atomic E-state index is 5.16. The molecule has 0 radical (unpaired) electrons. The first-order valence-electron chi connectivity index (χ1n) is 5.83. The second-order valence-corrected chi connectivity index (χ2v) is 4.81. The van der Waals surface area contributed by atoms with Crippen LogP contribution in [-0.2, 0) is 6.54 Å². The van der Waals surface area contributed by atoms with Crippen LogP contribution in [0.3, 0.4) is 0 Å². The maximum atomic E-state index is 5.16. The number of aromatic nitrogens is 3. The van der Waals surface area contributed by atoms with Crippen LogP contribution in [0.15, 0.2) is 34.8 Å². The van der Waals surface area contributed by atoms with Gasteiger partial charge < -0.3 is 10.5 Å². The zero-order chi connectivity index (χ0) is 13.2. The fraction of sp³-hybridized carbons (Fsp3) is 0.167. The molecule has 1 aromatic carbocycles. The van der Waals surface area contributed by atoms with Crippen LogP contribution in [-0.4, -0.2) is 22.0 Å². The highest BCUT2D eigenvalue weighted by Gasteiger charge is 2.18. The van der Waals surface area contributed by atoms with Crippen molar-refractivity contribution in [2.45, 2.75) is 11.7 Å². The number of hydrogen-bond acceptors (Lipinski definition) is 5. The summed E-state index contributed by atoms with van der Waals surface area (Å²) in [6, 6.07) is 7.90. The number of ether oxygens (including phenoxy) is 1. The van der Waals surface area contributed by atoms with Gasteiger partial charge in [0, 0.05) is 11.0 Å². The summed E-state index contributed by atoms with van der Waals surface area (Å²) in [4.78, 5) is 0. The fourth-order valence-corrected chi connectivity index (χ4v) is 2.57. The van der Waals surface area contributed by atoms with Gasteiger partial charge in [-0.15, -0.1) is 10.2 Å². The molecule has 0 spiro atoms. The Morgan fingerprint density at radius 2 is 2.11 bits per heavy atom. The number of quaternary nitrogens is 1. The zero-order valence-corrected chi connectivity index (χ0v) is 11.3. The Morgan fingerprint density at radius 1 is 1.32 bits per heavy atom. The Bertz CT molecular complexity index is 620. The van der Waals surface area contributed by atoms with Gasteiger partial charge in [0.05, 0.1) is 12.8 Å². The maximum Gasteiger partial charge on any atom is 0.214 e. The molecule has 0 saturated heterocycles. The molecule has 0 aliphatic carbocycles. The van der Waals surface area contributed by atoms with Crippen LogP contribution in [0, 0.1) is 0 Å². The monoisotopic (exact) mass is 276 g/mol. The molecular formula is C12H14N5OS+. The summed E-state index contributed by atoms with van der Waals surface area (Å²) in [6.45, 7) is 0.594. The molecule has 3 rings (SSSR count). The van der Waals surface area contributed by atoms with Crippen molar-refractivity contribution in [1.82, 2.24) is 14.9 Å². The number of fused-ring (bicyclic) bond motifs is 1. The highest BCUT2D eigenvalue weighted by Crippen LogP contribution is 2.28. The summed E-state index contributed by atoms with van der Waals surface area (Å²) in [6.07, 6.45) is 0. The lowest BCUT2D eigenvalue weighted by molar-refractivity contribution is -0.388. The largest absolute Gasteiger partial charge is 0.497 e. The molecule has 1 aliphatic heterocycles. The van der Waals surface area contributed by atoms with Gasteiger partial charge >= 0.3 is 0 Å². The summed E-state index contributed by atoms with van der Waals surface area (Å²) >= 11 is 1.54. The molecule has 19 heavy (non-hydrogen) atoms. The average molecular weight is 276 g/mol. The van der Waals surface area contributed by atoms with Gasteiger partial charge in [-0.05, 0) is 24.3 Å². The first-order valence-corrected chi connectivity index (χ1v) is 6.71. The van der Waals surface area contributed by atoms with Crippen molar-refractivity contribution in [3.8, 4) is 5.75 Å². The number of thioether (sulfide) groups is 1. The molecule has 0 amide bonds. The lowest BCUT2D eigenvalue weighted by Crippen LogP contribution is -2.49. The number of rotatable bonds is 3. The second kappa shape index (κ2) is 4.94. The van der Waals surface area contributed by atoms with Crippen molar-refractivity contribution in [1.29, 1.82) is 0 Å². The second-order valence-electron chi connectivity index (χ2n) is 3.97. The third-order valence-corrected chi connectivity index (χ3v) is 3.67. The number of hydrogen-bond donors (Lipinski definition) is 2. The zero-order valence-electron chi connectivity index (χ0n) is 10.5. The van der Waals surface area contributed by atoms with E-state index in [1.54, 1.807) is 18.9 Å². The molecule has 0 atom stereocenters. The third-order valence-electron chi connectivity index (χ3n) is 2.84. The van der Waals surface area contributed by atoms with E-state index in [0.717, 1.165) is 28.0 Å². The molecule has 0 bridgehead atoms. The number of benzene rings is 1. The molecule has 4 N–H and O–H groups in total. The average Bonchev–Trinajstić information content (AvgIpc) is 2.89. The normalized spacial score (nSPS) is 13.5. The number of methoxy groups -OCH3 is 1. The first kappa shape index (κ1) is 12.1. The van der Waals surface area contributed by atoms with Gasteiger partial charge in [0.1, 0.15) is 12.3 Å². The quantitative estimate of drug-likeness (QED) is 0.861. The number of nitrogens with one attached hydrogen (secondary N) is 1. The minimum atomic E-state index is 0.594. The molecule has 0 fully saturated rings. The molecule has 7 heteroatoms. The molecule has 0 unspecified atom stereocenters. The SMILES string of the molecule is COc1ccc(C2=CSc3nnc(C[NH3+])n3N2)cc1. The molecule has 1 aromatic heterocycles. The minimum Gasteiger partial charge on any atom is -0.497 e. The third kappa shape index (κ3) is 2.18. The van der Waals surface area contributed by atoms with Crippen molar-refractivity contribution in [2.24, 2.45) is 0 Å². The summed E-state index contributed by atoms with van der Waals surface area (Å²) < 4.78 is 7.03. The highest BCUT2D eigenvalue weighted by atomic mass is 32.2. The Balaban J connectivity index is 1.88. The van der Waals surface area contributed by atoms with Gasteiger partial charge in [0.25, 0.3) is 0 Å². The summed E-state index contributed by atoms with van der Waals surface area (Å²) in [5.41, 5.74) is 9.24. The highest BCUT2D eigenvalue weighted by molar-refractivity contribution is 8.02. The summed E-state index contributed by atoms with van der Waals surface area (Å²) in [5, 5.41) is 11.0. The Labute approximate surface area is 114 Å². The van der Waals surface area contributed by atoms with Crippen LogP contribution in [0.5, 0.6) is 5.75 Å². The number of nitrogens with zero attached hydrogens (tertiary/aromatic N) is 3. The lowest BCUT2D eigenvalue weighted by Gasteiger charge is -2.18. The van der Waals surface area contributed by atoms with E-state index < -0.39 is 0 Å². The van der Waals surface area contributed by atoms with Gasteiger partial charge in [0.15, 0.2) is 0 Å². The van der Waals surface area contributed by atoms with E-state index in [-0.39, 0.29) is 0 Å².